The Bertz CT molecular complexity index is 703. The lowest BCUT2D eigenvalue weighted by Crippen LogP contribution is -2.87. The van der Waals surface area contributed by atoms with E-state index in [1.54, 1.807) is 26.4 Å². The molecule has 2 aromatic carbocycles. The van der Waals surface area contributed by atoms with E-state index in [1.807, 2.05) is 18.2 Å². The first-order valence-corrected chi connectivity index (χ1v) is 7.58. The lowest BCUT2D eigenvalue weighted by molar-refractivity contribution is -0.690. The standard InChI is InChI=1S/C17H18ClNO3/c1-21-15-7-10-5-6-19-17(12(10)9-16(15)22-2)13-8-11(18)3-4-14(13)20/h3-4,7-9,17,19-20H,5-6H2,1-2H3/p+1/t17-/m1/s1. The van der Waals surface area contributed by atoms with Crippen molar-refractivity contribution < 1.29 is 19.9 Å². The summed E-state index contributed by atoms with van der Waals surface area (Å²) in [5.74, 6) is 1.69. The third-order valence-corrected chi connectivity index (χ3v) is 4.36. The van der Waals surface area contributed by atoms with Gasteiger partial charge in [-0.25, -0.2) is 0 Å². The molecule has 3 rings (SSSR count). The molecular formula is C17H19ClNO3+. The predicted molar refractivity (Wildman–Crippen MR) is 85.0 cm³/mol. The topological polar surface area (TPSA) is 55.3 Å². The number of aromatic hydroxyl groups is 1. The van der Waals surface area contributed by atoms with Crippen molar-refractivity contribution in [2.75, 3.05) is 20.8 Å². The van der Waals surface area contributed by atoms with Crippen LogP contribution < -0.4 is 14.8 Å². The van der Waals surface area contributed by atoms with E-state index in [9.17, 15) is 5.11 Å². The Labute approximate surface area is 134 Å². The first-order valence-electron chi connectivity index (χ1n) is 7.20. The molecule has 4 nitrogen and oxygen atoms in total. The molecule has 0 aliphatic carbocycles. The minimum Gasteiger partial charge on any atom is -0.507 e. The van der Waals surface area contributed by atoms with Gasteiger partial charge in [0, 0.05) is 17.0 Å². The van der Waals surface area contributed by atoms with Gasteiger partial charge in [0.25, 0.3) is 0 Å². The Morgan fingerprint density at radius 3 is 2.55 bits per heavy atom. The van der Waals surface area contributed by atoms with Crippen molar-refractivity contribution in [2.24, 2.45) is 0 Å². The van der Waals surface area contributed by atoms with Crippen LogP contribution in [0.25, 0.3) is 0 Å². The average molecular weight is 321 g/mol. The van der Waals surface area contributed by atoms with Crippen LogP contribution in [0.3, 0.4) is 0 Å². The van der Waals surface area contributed by atoms with E-state index in [2.05, 4.69) is 5.32 Å². The quantitative estimate of drug-likeness (QED) is 0.912. The number of fused-ring (bicyclic) bond motifs is 1. The van der Waals surface area contributed by atoms with Gasteiger partial charge in [-0.1, -0.05) is 11.6 Å². The molecule has 0 unspecified atom stereocenters. The van der Waals surface area contributed by atoms with Gasteiger partial charge in [0.2, 0.25) is 0 Å². The van der Waals surface area contributed by atoms with Crippen LogP contribution in [0.2, 0.25) is 5.02 Å². The van der Waals surface area contributed by atoms with Crippen molar-refractivity contribution in [2.45, 2.75) is 12.5 Å². The Balaban J connectivity index is 2.13. The number of quaternary nitrogens is 1. The van der Waals surface area contributed by atoms with Crippen LogP contribution in [-0.2, 0) is 6.42 Å². The summed E-state index contributed by atoms with van der Waals surface area (Å²) in [7, 11) is 3.27. The molecule has 5 heteroatoms. The summed E-state index contributed by atoms with van der Waals surface area (Å²) < 4.78 is 10.8. The van der Waals surface area contributed by atoms with Gasteiger partial charge in [-0.2, -0.15) is 0 Å². The van der Waals surface area contributed by atoms with Gasteiger partial charge in [0.15, 0.2) is 11.5 Å². The van der Waals surface area contributed by atoms with E-state index in [0.717, 1.165) is 29.8 Å². The highest BCUT2D eigenvalue weighted by atomic mass is 35.5. The van der Waals surface area contributed by atoms with Gasteiger partial charge in [-0.3, -0.25) is 0 Å². The molecule has 3 N–H and O–H groups in total. The molecule has 1 heterocycles. The van der Waals surface area contributed by atoms with Crippen LogP contribution in [0.4, 0.5) is 0 Å². The Kier molecular flexibility index (Phi) is 4.14. The van der Waals surface area contributed by atoms with Gasteiger partial charge in [0.05, 0.1) is 26.3 Å². The first kappa shape index (κ1) is 15.0. The maximum Gasteiger partial charge on any atom is 0.161 e. The van der Waals surface area contributed by atoms with Crippen LogP contribution in [0, 0.1) is 0 Å². The molecule has 0 fully saturated rings. The molecule has 0 bridgehead atoms. The zero-order chi connectivity index (χ0) is 15.7. The Morgan fingerprint density at radius 1 is 1.09 bits per heavy atom. The Hall–Kier alpha value is -1.91. The van der Waals surface area contributed by atoms with Crippen molar-refractivity contribution in [1.29, 1.82) is 0 Å². The number of nitrogens with two attached hydrogens (primary N) is 1. The summed E-state index contributed by atoms with van der Waals surface area (Å²) in [6, 6.07) is 9.18. The second kappa shape index (κ2) is 6.07. The second-order valence-corrected chi connectivity index (χ2v) is 5.80. The number of phenolic OH excluding ortho intramolecular Hbond substituents is 1. The van der Waals surface area contributed by atoms with Crippen molar-refractivity contribution in [3.05, 3.63) is 52.0 Å². The van der Waals surface area contributed by atoms with Crippen LogP contribution in [0.15, 0.2) is 30.3 Å². The summed E-state index contributed by atoms with van der Waals surface area (Å²) in [5, 5.41) is 13.0. The number of hydrogen-bond acceptors (Lipinski definition) is 3. The first-order chi connectivity index (χ1) is 10.6. The minimum atomic E-state index is 0.00209. The van der Waals surface area contributed by atoms with Crippen LogP contribution in [0.5, 0.6) is 17.2 Å². The number of halogens is 1. The lowest BCUT2D eigenvalue weighted by atomic mass is 9.89. The van der Waals surface area contributed by atoms with Crippen molar-refractivity contribution in [3.8, 4) is 17.2 Å². The molecule has 1 aliphatic rings. The number of methoxy groups -OCH3 is 2. The van der Waals surface area contributed by atoms with Crippen molar-refractivity contribution >= 4 is 11.6 Å². The Morgan fingerprint density at radius 2 is 1.82 bits per heavy atom. The normalized spacial score (nSPS) is 17.0. The smallest absolute Gasteiger partial charge is 0.161 e. The van der Waals surface area contributed by atoms with Crippen LogP contribution >= 0.6 is 11.6 Å². The van der Waals surface area contributed by atoms with Gasteiger partial charge >= 0.3 is 0 Å². The van der Waals surface area contributed by atoms with Crippen molar-refractivity contribution in [1.82, 2.24) is 0 Å². The van der Waals surface area contributed by atoms with Crippen LogP contribution in [0.1, 0.15) is 22.7 Å². The summed E-state index contributed by atoms with van der Waals surface area (Å²) in [6.07, 6.45) is 0.952. The summed E-state index contributed by atoms with van der Waals surface area (Å²) in [5.41, 5.74) is 3.16. The molecule has 0 saturated carbocycles. The summed E-state index contributed by atoms with van der Waals surface area (Å²) in [6.45, 7) is 0.944. The number of ether oxygens (including phenoxy) is 2. The fraction of sp³-hybridized carbons (Fsp3) is 0.294. The zero-order valence-electron chi connectivity index (χ0n) is 12.6. The zero-order valence-corrected chi connectivity index (χ0v) is 13.4. The van der Waals surface area contributed by atoms with E-state index in [-0.39, 0.29) is 11.8 Å². The molecule has 2 aromatic rings. The molecule has 1 aliphatic heterocycles. The van der Waals surface area contributed by atoms with Gasteiger partial charge in [-0.15, -0.1) is 0 Å². The molecule has 0 aromatic heterocycles. The lowest BCUT2D eigenvalue weighted by Gasteiger charge is -2.26. The fourth-order valence-corrected chi connectivity index (χ4v) is 3.22. The molecule has 1 atom stereocenters. The van der Waals surface area contributed by atoms with E-state index in [4.69, 9.17) is 21.1 Å². The predicted octanol–water partition coefficient (Wildman–Crippen LogP) is 2.27. The molecule has 0 amide bonds. The maximum absolute atomic E-state index is 10.2. The third-order valence-electron chi connectivity index (χ3n) is 4.12. The maximum atomic E-state index is 10.2. The molecule has 0 spiro atoms. The number of phenols is 1. The second-order valence-electron chi connectivity index (χ2n) is 5.36. The highest BCUT2D eigenvalue weighted by Gasteiger charge is 2.29. The highest BCUT2D eigenvalue weighted by Crippen LogP contribution is 2.37. The van der Waals surface area contributed by atoms with E-state index in [0.29, 0.717) is 10.8 Å². The minimum absolute atomic E-state index is 0.00209. The number of hydrogen-bond donors (Lipinski definition) is 2. The number of benzene rings is 2. The van der Waals surface area contributed by atoms with Gasteiger partial charge in [0.1, 0.15) is 11.8 Å². The molecule has 0 radical (unpaired) electrons. The molecule has 0 saturated heterocycles. The van der Waals surface area contributed by atoms with Gasteiger partial charge < -0.3 is 19.9 Å². The fourth-order valence-electron chi connectivity index (χ4n) is 3.04. The average Bonchev–Trinajstić information content (AvgIpc) is 2.55. The van der Waals surface area contributed by atoms with Crippen molar-refractivity contribution in [3.63, 3.8) is 0 Å². The van der Waals surface area contributed by atoms with Crippen LogP contribution in [-0.4, -0.2) is 25.9 Å². The van der Waals surface area contributed by atoms with E-state index in [1.165, 1.54) is 5.56 Å². The number of rotatable bonds is 3. The van der Waals surface area contributed by atoms with E-state index >= 15 is 0 Å². The summed E-state index contributed by atoms with van der Waals surface area (Å²) >= 11 is 6.10. The largest absolute Gasteiger partial charge is 0.507 e. The molecule has 22 heavy (non-hydrogen) atoms. The SMILES string of the molecule is COc1cc2c(cc1OC)[C@H](c1cc(Cl)ccc1O)[NH2+]CC2. The highest BCUT2D eigenvalue weighted by molar-refractivity contribution is 6.30. The molecular weight excluding hydrogens is 302 g/mol. The third kappa shape index (κ3) is 2.60. The van der Waals surface area contributed by atoms with Gasteiger partial charge in [-0.05, 0) is 35.9 Å². The summed E-state index contributed by atoms with van der Waals surface area (Å²) in [4.78, 5) is 0. The van der Waals surface area contributed by atoms with E-state index < -0.39 is 0 Å². The molecule has 116 valence electrons. The monoisotopic (exact) mass is 320 g/mol.